The maximum atomic E-state index is 13.4. The Bertz CT molecular complexity index is 699. The first kappa shape index (κ1) is 18.6. The molecule has 3 nitrogen and oxygen atoms in total. The van der Waals surface area contributed by atoms with Gasteiger partial charge < -0.3 is 10.6 Å². The zero-order valence-electron chi connectivity index (χ0n) is 12.4. The summed E-state index contributed by atoms with van der Waals surface area (Å²) in [5, 5.41) is 2.47. The highest BCUT2D eigenvalue weighted by Gasteiger charge is 2.72. The number of halogens is 6. The number of hydrogen-bond donors (Lipinski definition) is 2. The molecule has 0 aliphatic rings. The van der Waals surface area contributed by atoms with Gasteiger partial charge in [-0.2, -0.15) is 26.3 Å². The lowest BCUT2D eigenvalue weighted by Gasteiger charge is -2.39. The van der Waals surface area contributed by atoms with E-state index in [0.717, 1.165) is 29.6 Å². The molecule has 0 spiro atoms. The van der Waals surface area contributed by atoms with E-state index in [1.54, 1.807) is 0 Å². The Hall–Kier alpha value is -2.71. The third-order valence-electron chi connectivity index (χ3n) is 3.29. The molecule has 2 N–H and O–H groups in total. The minimum Gasteiger partial charge on any atom is -0.348 e. The first-order chi connectivity index (χ1) is 11.6. The van der Waals surface area contributed by atoms with Crippen LogP contribution in [0.1, 0.15) is 10.4 Å². The van der Waals surface area contributed by atoms with Crippen LogP contribution in [0.25, 0.3) is 0 Å². The van der Waals surface area contributed by atoms with Crippen molar-refractivity contribution in [1.29, 1.82) is 0 Å². The lowest BCUT2D eigenvalue weighted by atomic mass is 10.1. The summed E-state index contributed by atoms with van der Waals surface area (Å²) in [4.78, 5) is 12.0. The fourth-order valence-corrected chi connectivity index (χ4v) is 2.05. The molecule has 2 rings (SSSR count). The lowest BCUT2D eigenvalue weighted by Crippen LogP contribution is -2.72. The lowest BCUT2D eigenvalue weighted by molar-refractivity contribution is -0.294. The summed E-state index contributed by atoms with van der Waals surface area (Å²) >= 11 is 0. The smallest absolute Gasteiger partial charge is 0.348 e. The number of carbonyl (C=O) groups is 1. The zero-order chi connectivity index (χ0) is 18.7. The van der Waals surface area contributed by atoms with Crippen molar-refractivity contribution in [3.8, 4) is 0 Å². The molecule has 0 aliphatic heterocycles. The van der Waals surface area contributed by atoms with Crippen molar-refractivity contribution in [2.24, 2.45) is 0 Å². The molecular weight excluding hydrogens is 350 g/mol. The molecule has 0 bridgehead atoms. The van der Waals surface area contributed by atoms with E-state index in [0.29, 0.717) is 0 Å². The highest BCUT2D eigenvalue weighted by molar-refractivity contribution is 5.95. The van der Waals surface area contributed by atoms with Gasteiger partial charge >= 0.3 is 18.0 Å². The van der Waals surface area contributed by atoms with Gasteiger partial charge in [-0.15, -0.1) is 0 Å². The van der Waals surface area contributed by atoms with Crippen LogP contribution in [0.5, 0.6) is 0 Å². The van der Waals surface area contributed by atoms with E-state index in [-0.39, 0.29) is 5.56 Å². The van der Waals surface area contributed by atoms with E-state index in [1.165, 1.54) is 41.7 Å². The predicted octanol–water partition coefficient (Wildman–Crippen LogP) is 4.35. The summed E-state index contributed by atoms with van der Waals surface area (Å²) in [7, 11) is 0. The van der Waals surface area contributed by atoms with Gasteiger partial charge in [0.2, 0.25) is 0 Å². The van der Waals surface area contributed by atoms with Gasteiger partial charge in [-0.05, 0) is 24.3 Å². The van der Waals surface area contributed by atoms with Gasteiger partial charge in [-0.1, -0.05) is 36.4 Å². The second-order valence-corrected chi connectivity index (χ2v) is 5.06. The maximum Gasteiger partial charge on any atom is 0.439 e. The first-order valence-electron chi connectivity index (χ1n) is 6.91. The largest absolute Gasteiger partial charge is 0.439 e. The van der Waals surface area contributed by atoms with Gasteiger partial charge in [-0.25, -0.2) is 0 Å². The summed E-state index contributed by atoms with van der Waals surface area (Å²) in [6.07, 6.45) is -11.7. The standard InChI is InChI=1S/C16H12F6N2O/c17-15(18,19)14(16(20,21)22,23-12-9-5-2-6-10-12)24-13(25)11-7-3-1-4-8-11/h1-10,23H,(H,24,25). The summed E-state index contributed by atoms with van der Waals surface area (Å²) in [5.74, 6) is -1.52. The summed E-state index contributed by atoms with van der Waals surface area (Å²) in [6, 6.07) is 12.3. The molecule has 0 saturated carbocycles. The normalized spacial score (nSPS) is 12.6. The Morgan fingerprint density at radius 1 is 0.720 bits per heavy atom. The molecule has 0 saturated heterocycles. The third kappa shape index (κ3) is 3.86. The van der Waals surface area contributed by atoms with Gasteiger partial charge in [0.25, 0.3) is 5.91 Å². The molecule has 0 aromatic heterocycles. The van der Waals surface area contributed by atoms with Crippen LogP contribution in [-0.4, -0.2) is 23.9 Å². The van der Waals surface area contributed by atoms with Crippen LogP contribution in [0.15, 0.2) is 60.7 Å². The molecule has 0 unspecified atom stereocenters. The van der Waals surface area contributed by atoms with Crippen LogP contribution >= 0.6 is 0 Å². The van der Waals surface area contributed by atoms with Crippen LogP contribution < -0.4 is 10.6 Å². The minimum absolute atomic E-state index is 0.338. The van der Waals surface area contributed by atoms with E-state index in [1.807, 2.05) is 0 Å². The highest BCUT2D eigenvalue weighted by atomic mass is 19.4. The van der Waals surface area contributed by atoms with Gasteiger partial charge in [0.15, 0.2) is 0 Å². The van der Waals surface area contributed by atoms with Crippen LogP contribution in [0, 0.1) is 0 Å². The summed E-state index contributed by atoms with van der Waals surface area (Å²) in [5.41, 5.74) is -5.44. The number of hydrogen-bond acceptors (Lipinski definition) is 2. The second kappa shape index (κ2) is 6.66. The Balaban J connectivity index is 2.49. The molecule has 1 amide bonds. The molecule has 2 aromatic rings. The predicted molar refractivity (Wildman–Crippen MR) is 78.8 cm³/mol. The van der Waals surface area contributed by atoms with E-state index in [2.05, 4.69) is 0 Å². The molecule has 0 fully saturated rings. The number of anilines is 1. The zero-order valence-corrected chi connectivity index (χ0v) is 12.4. The molecule has 2 aromatic carbocycles. The maximum absolute atomic E-state index is 13.4. The number of rotatable bonds is 4. The molecule has 0 aliphatic carbocycles. The monoisotopic (exact) mass is 362 g/mol. The number of carbonyl (C=O) groups excluding carboxylic acids is 1. The average Bonchev–Trinajstić information content (AvgIpc) is 2.54. The molecule has 0 radical (unpaired) electrons. The van der Waals surface area contributed by atoms with Crippen molar-refractivity contribution in [1.82, 2.24) is 5.32 Å². The molecule has 0 atom stereocenters. The molecule has 134 valence electrons. The van der Waals surface area contributed by atoms with Gasteiger partial charge in [0, 0.05) is 11.3 Å². The van der Waals surface area contributed by atoms with Crippen LogP contribution in [0.2, 0.25) is 0 Å². The van der Waals surface area contributed by atoms with Gasteiger partial charge in [0.05, 0.1) is 0 Å². The first-order valence-corrected chi connectivity index (χ1v) is 6.91. The number of alkyl halides is 6. The highest BCUT2D eigenvalue weighted by Crippen LogP contribution is 2.43. The van der Waals surface area contributed by atoms with Crippen LogP contribution in [-0.2, 0) is 0 Å². The summed E-state index contributed by atoms with van der Waals surface area (Å²) in [6.45, 7) is 0. The third-order valence-corrected chi connectivity index (χ3v) is 3.29. The fraction of sp³-hybridized carbons (Fsp3) is 0.188. The molecular formula is C16H12F6N2O. The topological polar surface area (TPSA) is 41.1 Å². The number of benzene rings is 2. The van der Waals surface area contributed by atoms with E-state index < -0.39 is 29.6 Å². The Morgan fingerprint density at radius 3 is 1.60 bits per heavy atom. The van der Waals surface area contributed by atoms with Crippen molar-refractivity contribution in [2.75, 3.05) is 5.32 Å². The van der Waals surface area contributed by atoms with Crippen molar-refractivity contribution in [3.63, 3.8) is 0 Å². The quantitative estimate of drug-likeness (QED) is 0.627. The van der Waals surface area contributed by atoms with Crippen molar-refractivity contribution in [2.45, 2.75) is 18.0 Å². The van der Waals surface area contributed by atoms with Crippen LogP contribution in [0.3, 0.4) is 0 Å². The van der Waals surface area contributed by atoms with E-state index in [4.69, 9.17) is 0 Å². The number of amides is 1. The van der Waals surface area contributed by atoms with Crippen LogP contribution in [0.4, 0.5) is 32.0 Å². The van der Waals surface area contributed by atoms with E-state index in [9.17, 15) is 31.1 Å². The van der Waals surface area contributed by atoms with E-state index >= 15 is 0 Å². The molecule has 25 heavy (non-hydrogen) atoms. The molecule has 9 heteroatoms. The van der Waals surface area contributed by atoms with Gasteiger partial charge in [0.1, 0.15) is 0 Å². The Kier molecular flexibility index (Phi) is 4.96. The Labute approximate surface area is 138 Å². The SMILES string of the molecule is O=C(NC(Nc1ccccc1)(C(F)(F)F)C(F)(F)F)c1ccccc1. The second-order valence-electron chi connectivity index (χ2n) is 5.06. The fourth-order valence-electron chi connectivity index (χ4n) is 2.05. The summed E-state index contributed by atoms with van der Waals surface area (Å²) < 4.78 is 80.6. The van der Waals surface area contributed by atoms with Crippen molar-refractivity contribution in [3.05, 3.63) is 66.2 Å². The van der Waals surface area contributed by atoms with Crippen molar-refractivity contribution < 1.29 is 31.1 Å². The number of para-hydroxylation sites is 1. The molecule has 0 heterocycles. The minimum atomic E-state index is -5.86. The van der Waals surface area contributed by atoms with Gasteiger partial charge in [-0.3, -0.25) is 4.79 Å². The Morgan fingerprint density at radius 2 is 1.16 bits per heavy atom. The number of nitrogens with one attached hydrogen (secondary N) is 2. The van der Waals surface area contributed by atoms with Crippen molar-refractivity contribution >= 4 is 11.6 Å². The average molecular weight is 362 g/mol.